The van der Waals surface area contributed by atoms with E-state index in [2.05, 4.69) is 21.2 Å². The number of nitrogens with two attached hydrogens (primary N) is 1. The zero-order chi connectivity index (χ0) is 15.2. The number of rotatable bonds is 5. The fraction of sp³-hybridized carbons (Fsp3) is 0.133. The highest BCUT2D eigenvalue weighted by Crippen LogP contribution is 2.21. The molecule has 2 aromatic rings. The topological polar surface area (TPSA) is 64.3 Å². The van der Waals surface area contributed by atoms with Gasteiger partial charge in [-0.15, -0.1) is 0 Å². The lowest BCUT2D eigenvalue weighted by atomic mass is 10.3. The van der Waals surface area contributed by atoms with E-state index in [0.717, 1.165) is 0 Å². The third-order valence-electron chi connectivity index (χ3n) is 2.68. The fourth-order valence-electron chi connectivity index (χ4n) is 1.62. The van der Waals surface area contributed by atoms with E-state index in [4.69, 9.17) is 10.5 Å². The van der Waals surface area contributed by atoms with E-state index in [-0.39, 0.29) is 24.8 Å². The van der Waals surface area contributed by atoms with Gasteiger partial charge >= 0.3 is 0 Å². The summed E-state index contributed by atoms with van der Waals surface area (Å²) in [5, 5.41) is 2.73. The van der Waals surface area contributed by atoms with Gasteiger partial charge in [0, 0.05) is 11.4 Å². The first-order chi connectivity index (χ1) is 10.0. The number of nitrogens with one attached hydrogen (secondary N) is 1. The van der Waals surface area contributed by atoms with Gasteiger partial charge < -0.3 is 15.8 Å². The zero-order valence-corrected chi connectivity index (χ0v) is 12.7. The Bertz CT molecular complexity index is 632. The summed E-state index contributed by atoms with van der Waals surface area (Å²) in [7, 11) is 0. The molecule has 0 radical (unpaired) electrons. The molecule has 0 saturated heterocycles. The third kappa shape index (κ3) is 4.75. The van der Waals surface area contributed by atoms with Crippen LogP contribution in [0.4, 0.5) is 15.8 Å². The number of halogens is 2. The minimum Gasteiger partial charge on any atom is -0.493 e. The lowest BCUT2D eigenvalue weighted by Gasteiger charge is -2.08. The van der Waals surface area contributed by atoms with E-state index >= 15 is 0 Å². The van der Waals surface area contributed by atoms with Crippen molar-refractivity contribution in [1.82, 2.24) is 0 Å². The van der Waals surface area contributed by atoms with Gasteiger partial charge in [-0.3, -0.25) is 4.79 Å². The Kier molecular flexibility index (Phi) is 5.16. The fourth-order valence-corrected chi connectivity index (χ4v) is 1.98. The largest absolute Gasteiger partial charge is 0.493 e. The lowest BCUT2D eigenvalue weighted by Crippen LogP contribution is -2.15. The molecule has 110 valence electrons. The molecule has 0 aliphatic rings. The average molecular weight is 353 g/mol. The highest BCUT2D eigenvalue weighted by molar-refractivity contribution is 9.10. The van der Waals surface area contributed by atoms with Crippen LogP contribution in [0.15, 0.2) is 46.9 Å². The van der Waals surface area contributed by atoms with Gasteiger partial charge in [0.15, 0.2) is 0 Å². The van der Waals surface area contributed by atoms with Crippen LogP contribution >= 0.6 is 15.9 Å². The van der Waals surface area contributed by atoms with Crippen LogP contribution in [-0.2, 0) is 4.79 Å². The minimum absolute atomic E-state index is 0.166. The van der Waals surface area contributed by atoms with Crippen LogP contribution in [0.25, 0.3) is 0 Å². The first-order valence-corrected chi connectivity index (χ1v) is 7.07. The minimum atomic E-state index is -0.358. The molecule has 0 saturated carbocycles. The number of benzene rings is 2. The van der Waals surface area contributed by atoms with Crippen LogP contribution in [0.2, 0.25) is 0 Å². The second-order valence-electron chi connectivity index (χ2n) is 4.34. The molecule has 0 spiro atoms. The molecule has 0 aliphatic carbocycles. The summed E-state index contributed by atoms with van der Waals surface area (Å²) < 4.78 is 18.8. The summed E-state index contributed by atoms with van der Waals surface area (Å²) in [4.78, 5) is 11.7. The van der Waals surface area contributed by atoms with E-state index in [1.165, 1.54) is 18.2 Å². The number of anilines is 2. The van der Waals surface area contributed by atoms with Gasteiger partial charge in [0.2, 0.25) is 5.91 Å². The molecule has 0 unspecified atom stereocenters. The molecule has 2 rings (SSSR count). The summed E-state index contributed by atoms with van der Waals surface area (Å²) in [6.07, 6.45) is 0.194. The smallest absolute Gasteiger partial charge is 0.227 e. The molecule has 6 heteroatoms. The average Bonchev–Trinajstić information content (AvgIpc) is 2.45. The number of hydrogen-bond donors (Lipinski definition) is 2. The number of ether oxygens (including phenoxy) is 1. The Morgan fingerprint density at radius 1 is 1.24 bits per heavy atom. The normalized spacial score (nSPS) is 10.2. The van der Waals surface area contributed by atoms with Crippen LogP contribution in [-0.4, -0.2) is 12.5 Å². The first kappa shape index (κ1) is 15.3. The summed E-state index contributed by atoms with van der Waals surface area (Å²) in [6.45, 7) is 0.207. The molecule has 0 aliphatic heterocycles. The SMILES string of the molecule is Nc1ccc(NC(=O)CCOc2ccc(F)c(Br)c2)cc1. The van der Waals surface area contributed by atoms with Crippen molar-refractivity contribution in [3.63, 3.8) is 0 Å². The molecule has 3 N–H and O–H groups in total. The molecule has 0 heterocycles. The van der Waals surface area contributed by atoms with Crippen LogP contribution in [0.3, 0.4) is 0 Å². The second kappa shape index (κ2) is 7.08. The molecule has 2 aromatic carbocycles. The Labute approximate surface area is 130 Å². The van der Waals surface area contributed by atoms with Crippen molar-refractivity contribution in [2.75, 3.05) is 17.7 Å². The third-order valence-corrected chi connectivity index (χ3v) is 3.29. The molecule has 0 fully saturated rings. The van der Waals surface area contributed by atoms with E-state index in [1.54, 1.807) is 24.3 Å². The Hall–Kier alpha value is -2.08. The van der Waals surface area contributed by atoms with E-state index < -0.39 is 0 Å². The quantitative estimate of drug-likeness (QED) is 0.808. The zero-order valence-electron chi connectivity index (χ0n) is 11.1. The maximum Gasteiger partial charge on any atom is 0.227 e. The molecule has 0 bridgehead atoms. The van der Waals surface area contributed by atoms with Crippen molar-refractivity contribution in [3.8, 4) is 5.75 Å². The van der Waals surface area contributed by atoms with Gasteiger partial charge in [-0.1, -0.05) is 0 Å². The van der Waals surface area contributed by atoms with Crippen molar-refractivity contribution in [1.29, 1.82) is 0 Å². The maximum absolute atomic E-state index is 13.0. The predicted molar refractivity (Wildman–Crippen MR) is 83.7 cm³/mol. The van der Waals surface area contributed by atoms with Crippen LogP contribution in [0.5, 0.6) is 5.75 Å². The van der Waals surface area contributed by atoms with Crippen LogP contribution in [0.1, 0.15) is 6.42 Å². The number of carbonyl (C=O) groups excluding carboxylic acids is 1. The second-order valence-corrected chi connectivity index (χ2v) is 5.20. The van der Waals surface area contributed by atoms with Crippen LogP contribution in [0, 0.1) is 5.82 Å². The van der Waals surface area contributed by atoms with Gasteiger partial charge in [-0.05, 0) is 58.4 Å². The van der Waals surface area contributed by atoms with Crippen LogP contribution < -0.4 is 15.8 Å². The summed E-state index contributed by atoms with van der Waals surface area (Å²) in [5.74, 6) is -0.0204. The molecular weight excluding hydrogens is 339 g/mol. The molecule has 21 heavy (non-hydrogen) atoms. The molecule has 0 aromatic heterocycles. The highest BCUT2D eigenvalue weighted by atomic mass is 79.9. The van der Waals surface area contributed by atoms with Gasteiger partial charge in [-0.25, -0.2) is 4.39 Å². The van der Waals surface area contributed by atoms with Crippen molar-refractivity contribution in [3.05, 3.63) is 52.8 Å². The number of hydrogen-bond acceptors (Lipinski definition) is 3. The number of amides is 1. The highest BCUT2D eigenvalue weighted by Gasteiger charge is 2.05. The van der Waals surface area contributed by atoms with Gasteiger partial charge in [0.25, 0.3) is 0 Å². The maximum atomic E-state index is 13.0. The molecule has 1 amide bonds. The van der Waals surface area contributed by atoms with E-state index in [0.29, 0.717) is 21.6 Å². The van der Waals surface area contributed by atoms with E-state index in [1.807, 2.05) is 0 Å². The first-order valence-electron chi connectivity index (χ1n) is 6.28. The van der Waals surface area contributed by atoms with E-state index in [9.17, 15) is 9.18 Å². The number of carbonyl (C=O) groups is 1. The summed E-state index contributed by atoms with van der Waals surface area (Å²) in [5.41, 5.74) is 6.88. The monoisotopic (exact) mass is 352 g/mol. The summed E-state index contributed by atoms with van der Waals surface area (Å²) >= 11 is 3.07. The van der Waals surface area contributed by atoms with Crippen molar-refractivity contribution in [2.45, 2.75) is 6.42 Å². The van der Waals surface area contributed by atoms with Gasteiger partial charge in [0.05, 0.1) is 17.5 Å². The lowest BCUT2D eigenvalue weighted by molar-refractivity contribution is -0.116. The summed E-state index contributed by atoms with van der Waals surface area (Å²) in [6, 6.07) is 11.2. The predicted octanol–water partition coefficient (Wildman–Crippen LogP) is 3.58. The Morgan fingerprint density at radius 2 is 1.95 bits per heavy atom. The van der Waals surface area contributed by atoms with Gasteiger partial charge in [-0.2, -0.15) is 0 Å². The number of nitrogen functional groups attached to an aromatic ring is 1. The van der Waals surface area contributed by atoms with Crippen molar-refractivity contribution >= 4 is 33.2 Å². The standard InChI is InChI=1S/C15H14BrFN2O2/c16-13-9-12(5-6-14(13)17)21-8-7-15(20)19-11-3-1-10(18)2-4-11/h1-6,9H,7-8,18H2,(H,19,20). The molecule has 0 atom stereocenters. The van der Waals surface area contributed by atoms with Gasteiger partial charge in [0.1, 0.15) is 11.6 Å². The van der Waals surface area contributed by atoms with Crippen molar-refractivity contribution < 1.29 is 13.9 Å². The Balaban J connectivity index is 1.78. The van der Waals surface area contributed by atoms with Crippen molar-refractivity contribution in [2.24, 2.45) is 0 Å². The molecule has 4 nitrogen and oxygen atoms in total. The Morgan fingerprint density at radius 3 is 2.62 bits per heavy atom. The molecular formula is C15H14BrFN2O2.